The maximum atomic E-state index is 5.97. The van der Waals surface area contributed by atoms with Crippen molar-refractivity contribution in [2.45, 2.75) is 44.6 Å². The van der Waals surface area contributed by atoms with Crippen molar-refractivity contribution in [3.8, 4) is 0 Å². The highest BCUT2D eigenvalue weighted by atomic mass is 35.5. The molecule has 0 bridgehead atoms. The highest BCUT2D eigenvalue weighted by Crippen LogP contribution is 2.27. The van der Waals surface area contributed by atoms with E-state index in [1.807, 2.05) is 18.2 Å². The Balaban J connectivity index is 1.99. The van der Waals surface area contributed by atoms with Crippen molar-refractivity contribution in [2.24, 2.45) is 0 Å². The summed E-state index contributed by atoms with van der Waals surface area (Å²) in [5.41, 5.74) is 0.960. The van der Waals surface area contributed by atoms with E-state index in [9.17, 15) is 0 Å². The van der Waals surface area contributed by atoms with Crippen LogP contribution in [0.2, 0.25) is 10.0 Å². The van der Waals surface area contributed by atoms with Crippen LogP contribution in [0.3, 0.4) is 0 Å². The van der Waals surface area contributed by atoms with Crippen LogP contribution >= 0.6 is 23.2 Å². The summed E-state index contributed by atoms with van der Waals surface area (Å²) in [4.78, 5) is 0. The molecule has 0 heterocycles. The lowest BCUT2D eigenvalue weighted by Gasteiger charge is -2.14. The SMILES string of the molecule is Clc1ccc([N]C2CCCCCC2)cc1Cl. The number of nitrogens with zero attached hydrogens (tertiary/aromatic N) is 1. The molecule has 1 aliphatic carbocycles. The topological polar surface area (TPSA) is 14.1 Å². The first-order valence-corrected chi connectivity index (χ1v) is 6.67. The second-order valence-corrected chi connectivity index (χ2v) is 5.19. The van der Waals surface area contributed by atoms with E-state index in [0.717, 1.165) is 5.69 Å². The van der Waals surface area contributed by atoms with E-state index in [0.29, 0.717) is 16.1 Å². The monoisotopic (exact) mass is 256 g/mol. The molecule has 0 aromatic heterocycles. The Morgan fingerprint density at radius 3 is 2.25 bits per heavy atom. The van der Waals surface area contributed by atoms with Crippen molar-refractivity contribution in [1.82, 2.24) is 5.32 Å². The van der Waals surface area contributed by atoms with Crippen LogP contribution in [-0.4, -0.2) is 6.04 Å². The molecule has 1 radical (unpaired) electrons. The Bertz CT molecular complexity index is 344. The molecule has 3 heteroatoms. The number of benzene rings is 1. The molecule has 1 nitrogen and oxygen atoms in total. The number of halogens is 2. The van der Waals surface area contributed by atoms with E-state index in [4.69, 9.17) is 28.5 Å². The van der Waals surface area contributed by atoms with Gasteiger partial charge in [0, 0.05) is 0 Å². The molecule has 1 fully saturated rings. The molecule has 1 aromatic rings. The molecule has 0 spiro atoms. The molecule has 2 rings (SSSR count). The summed E-state index contributed by atoms with van der Waals surface area (Å²) in [7, 11) is 0. The van der Waals surface area contributed by atoms with Crippen molar-refractivity contribution < 1.29 is 0 Å². The summed E-state index contributed by atoms with van der Waals surface area (Å²) in [6.45, 7) is 0. The molecule has 1 aromatic carbocycles. The van der Waals surface area contributed by atoms with Crippen LogP contribution in [0.15, 0.2) is 18.2 Å². The standard InChI is InChI=1S/C13H16Cl2N/c14-12-8-7-11(9-13(12)15)16-10-5-3-1-2-4-6-10/h7-10H,1-6H2. The minimum absolute atomic E-state index is 0.472. The second kappa shape index (κ2) is 5.79. The van der Waals surface area contributed by atoms with Gasteiger partial charge in [-0.25, -0.2) is 0 Å². The Morgan fingerprint density at radius 1 is 0.938 bits per heavy atom. The summed E-state index contributed by atoms with van der Waals surface area (Å²) in [6.07, 6.45) is 7.73. The van der Waals surface area contributed by atoms with Crippen molar-refractivity contribution in [3.05, 3.63) is 28.2 Å². The molecule has 0 atom stereocenters. The summed E-state index contributed by atoms with van der Waals surface area (Å²) in [5.74, 6) is 0. The van der Waals surface area contributed by atoms with E-state index in [1.165, 1.54) is 38.5 Å². The van der Waals surface area contributed by atoms with Crippen LogP contribution in [0.25, 0.3) is 0 Å². The predicted octanol–water partition coefficient (Wildman–Crippen LogP) is 4.95. The van der Waals surface area contributed by atoms with Crippen LogP contribution in [0.5, 0.6) is 0 Å². The van der Waals surface area contributed by atoms with E-state index in [2.05, 4.69) is 0 Å². The molecule has 1 aliphatic rings. The van der Waals surface area contributed by atoms with Crippen LogP contribution in [-0.2, 0) is 0 Å². The Labute approximate surface area is 107 Å². The van der Waals surface area contributed by atoms with Crippen molar-refractivity contribution in [2.75, 3.05) is 0 Å². The average molecular weight is 257 g/mol. The summed E-state index contributed by atoms with van der Waals surface area (Å²) >= 11 is 11.8. The van der Waals surface area contributed by atoms with E-state index in [1.54, 1.807) is 0 Å². The van der Waals surface area contributed by atoms with E-state index < -0.39 is 0 Å². The van der Waals surface area contributed by atoms with Gasteiger partial charge in [-0.1, -0.05) is 48.9 Å². The number of rotatable bonds is 2. The number of hydrogen-bond acceptors (Lipinski definition) is 0. The summed E-state index contributed by atoms with van der Waals surface area (Å²) in [5, 5.41) is 5.93. The molecular weight excluding hydrogens is 241 g/mol. The molecule has 1 saturated carbocycles. The van der Waals surface area contributed by atoms with Crippen LogP contribution in [0, 0.1) is 0 Å². The van der Waals surface area contributed by atoms with Gasteiger partial charge in [0.25, 0.3) is 0 Å². The van der Waals surface area contributed by atoms with Gasteiger partial charge in [-0.2, -0.15) is 0 Å². The Hall–Kier alpha value is -0.400. The second-order valence-electron chi connectivity index (χ2n) is 4.37. The molecule has 0 N–H and O–H groups in total. The zero-order chi connectivity index (χ0) is 11.4. The molecule has 0 amide bonds. The first kappa shape index (κ1) is 12.1. The van der Waals surface area contributed by atoms with Gasteiger partial charge in [0.05, 0.1) is 21.8 Å². The summed E-state index contributed by atoms with van der Waals surface area (Å²) in [6, 6.07) is 6.09. The molecule has 16 heavy (non-hydrogen) atoms. The lowest BCUT2D eigenvalue weighted by atomic mass is 10.1. The third-order valence-electron chi connectivity index (χ3n) is 3.06. The maximum Gasteiger partial charge on any atom is 0.0613 e. The first-order valence-electron chi connectivity index (χ1n) is 5.91. The molecule has 87 valence electrons. The van der Waals surface area contributed by atoms with Crippen molar-refractivity contribution >= 4 is 28.9 Å². The van der Waals surface area contributed by atoms with Gasteiger partial charge in [0.15, 0.2) is 0 Å². The van der Waals surface area contributed by atoms with Gasteiger partial charge in [0.1, 0.15) is 0 Å². The van der Waals surface area contributed by atoms with E-state index in [-0.39, 0.29) is 0 Å². The smallest absolute Gasteiger partial charge is 0.0613 e. The van der Waals surface area contributed by atoms with Gasteiger partial charge in [-0.15, -0.1) is 0 Å². The third kappa shape index (κ3) is 3.29. The molecule has 0 saturated heterocycles. The van der Waals surface area contributed by atoms with Crippen LogP contribution in [0.4, 0.5) is 5.69 Å². The van der Waals surface area contributed by atoms with Gasteiger partial charge in [-0.05, 0) is 31.0 Å². The normalized spacial score (nSPS) is 18.1. The van der Waals surface area contributed by atoms with Crippen LogP contribution in [0.1, 0.15) is 38.5 Å². The fourth-order valence-corrected chi connectivity index (χ4v) is 2.46. The Morgan fingerprint density at radius 2 is 1.62 bits per heavy atom. The van der Waals surface area contributed by atoms with Gasteiger partial charge in [-0.3, -0.25) is 5.32 Å². The third-order valence-corrected chi connectivity index (χ3v) is 3.80. The fourth-order valence-electron chi connectivity index (χ4n) is 2.16. The number of hydrogen-bond donors (Lipinski definition) is 0. The zero-order valence-corrected chi connectivity index (χ0v) is 10.8. The Kier molecular flexibility index (Phi) is 4.37. The largest absolute Gasteiger partial charge is 0.282 e. The minimum Gasteiger partial charge on any atom is -0.282 e. The lowest BCUT2D eigenvalue weighted by molar-refractivity contribution is 0.514. The van der Waals surface area contributed by atoms with Crippen molar-refractivity contribution in [1.29, 1.82) is 0 Å². The van der Waals surface area contributed by atoms with Gasteiger partial charge < -0.3 is 0 Å². The minimum atomic E-state index is 0.472. The molecule has 0 unspecified atom stereocenters. The zero-order valence-electron chi connectivity index (χ0n) is 9.26. The van der Waals surface area contributed by atoms with E-state index >= 15 is 0 Å². The maximum absolute atomic E-state index is 5.97. The molecule has 0 aliphatic heterocycles. The van der Waals surface area contributed by atoms with Gasteiger partial charge >= 0.3 is 0 Å². The lowest BCUT2D eigenvalue weighted by Crippen LogP contribution is -2.17. The van der Waals surface area contributed by atoms with Gasteiger partial charge in [0.2, 0.25) is 0 Å². The highest BCUT2D eigenvalue weighted by molar-refractivity contribution is 6.42. The highest BCUT2D eigenvalue weighted by Gasteiger charge is 2.13. The predicted molar refractivity (Wildman–Crippen MR) is 69.7 cm³/mol. The van der Waals surface area contributed by atoms with Crippen LogP contribution < -0.4 is 5.32 Å². The quantitative estimate of drug-likeness (QED) is 0.665. The van der Waals surface area contributed by atoms with Crippen molar-refractivity contribution in [3.63, 3.8) is 0 Å². The fraction of sp³-hybridized carbons (Fsp3) is 0.538. The molecular formula is C13H16Cl2N. The first-order chi connectivity index (χ1) is 7.75. The average Bonchev–Trinajstić information content (AvgIpc) is 2.52. The summed E-state index contributed by atoms with van der Waals surface area (Å²) < 4.78 is 0.